The van der Waals surface area contributed by atoms with E-state index in [2.05, 4.69) is 32.2 Å². The maximum absolute atomic E-state index is 12.1. The Morgan fingerprint density at radius 2 is 1.81 bits per heavy atom. The molecule has 1 heterocycles. The largest absolute Gasteiger partial charge is 0.435 e. The molecule has 1 aliphatic rings. The van der Waals surface area contributed by atoms with Gasteiger partial charge < -0.3 is 25.2 Å². The van der Waals surface area contributed by atoms with Gasteiger partial charge in [-0.05, 0) is 44.1 Å². The van der Waals surface area contributed by atoms with Gasteiger partial charge in [-0.2, -0.15) is 8.78 Å². The van der Waals surface area contributed by atoms with Crippen LogP contribution in [0.2, 0.25) is 0 Å². The topological polar surface area (TPSA) is 56.8 Å². The van der Waals surface area contributed by atoms with E-state index >= 15 is 0 Å². The number of likely N-dealkylation sites (N-methyl/N-ethyl adjacent to an activating group) is 1. The van der Waals surface area contributed by atoms with Crippen molar-refractivity contribution in [2.24, 2.45) is 0 Å². The highest BCUT2D eigenvalue weighted by Gasteiger charge is 2.12. The molecule has 2 amide bonds. The van der Waals surface area contributed by atoms with Crippen molar-refractivity contribution in [3.8, 4) is 5.75 Å². The van der Waals surface area contributed by atoms with Gasteiger partial charge in [0.25, 0.3) is 0 Å². The Bertz CT molecular complexity index is 534. The van der Waals surface area contributed by atoms with Crippen LogP contribution in [0.1, 0.15) is 18.4 Å². The van der Waals surface area contributed by atoms with Crippen LogP contribution in [0.25, 0.3) is 0 Å². The Morgan fingerprint density at radius 3 is 2.46 bits per heavy atom. The predicted octanol–water partition coefficient (Wildman–Crippen LogP) is 2.11. The van der Waals surface area contributed by atoms with Crippen molar-refractivity contribution in [2.75, 3.05) is 46.3 Å². The monoisotopic (exact) mass is 370 g/mol. The lowest BCUT2D eigenvalue weighted by molar-refractivity contribution is -0.0498. The zero-order chi connectivity index (χ0) is 18.8. The molecule has 2 rings (SSSR count). The molecule has 1 saturated heterocycles. The number of carbonyl (C=O) groups excluding carboxylic acids is 1. The summed E-state index contributed by atoms with van der Waals surface area (Å²) in [5.41, 5.74) is 0.817. The van der Waals surface area contributed by atoms with Crippen LogP contribution in [-0.2, 0) is 6.54 Å². The molecule has 0 atom stereocenters. The molecule has 1 fully saturated rings. The molecule has 1 aliphatic heterocycles. The number of amides is 2. The van der Waals surface area contributed by atoms with Crippen molar-refractivity contribution in [1.29, 1.82) is 0 Å². The van der Waals surface area contributed by atoms with Crippen LogP contribution in [0.3, 0.4) is 0 Å². The van der Waals surface area contributed by atoms with Crippen molar-refractivity contribution in [3.63, 3.8) is 0 Å². The van der Waals surface area contributed by atoms with Gasteiger partial charge in [0, 0.05) is 39.3 Å². The number of nitrogens with one attached hydrogen (secondary N) is 2. The summed E-state index contributed by atoms with van der Waals surface area (Å²) >= 11 is 0. The first-order chi connectivity index (χ1) is 12.5. The van der Waals surface area contributed by atoms with E-state index in [9.17, 15) is 13.6 Å². The van der Waals surface area contributed by atoms with Crippen LogP contribution in [0.15, 0.2) is 24.3 Å². The highest BCUT2D eigenvalue weighted by Crippen LogP contribution is 2.14. The van der Waals surface area contributed by atoms with Crippen LogP contribution in [0.4, 0.5) is 13.6 Å². The minimum Gasteiger partial charge on any atom is -0.435 e. The van der Waals surface area contributed by atoms with Gasteiger partial charge in [0.2, 0.25) is 0 Å². The summed E-state index contributed by atoms with van der Waals surface area (Å²) < 4.78 is 28.4. The predicted molar refractivity (Wildman–Crippen MR) is 96.5 cm³/mol. The molecular formula is C18H28F2N4O2. The lowest BCUT2D eigenvalue weighted by Crippen LogP contribution is -2.44. The second-order valence-electron chi connectivity index (χ2n) is 6.48. The van der Waals surface area contributed by atoms with E-state index in [1.807, 2.05) is 0 Å². The van der Waals surface area contributed by atoms with Gasteiger partial charge in [0.15, 0.2) is 0 Å². The standard InChI is InChI=1S/C18H28F2N4O2/c1-23-10-12-24(13-11-23)9-3-2-8-21-18(25)22-14-15-4-6-16(7-5-15)26-17(19)20/h4-7,17H,2-3,8-14H2,1H3,(H2,21,22,25). The van der Waals surface area contributed by atoms with Crippen molar-refractivity contribution in [1.82, 2.24) is 20.4 Å². The number of benzene rings is 1. The lowest BCUT2D eigenvalue weighted by atomic mass is 10.2. The van der Waals surface area contributed by atoms with E-state index in [4.69, 9.17) is 0 Å². The van der Waals surface area contributed by atoms with Gasteiger partial charge in [0.05, 0.1) is 0 Å². The smallest absolute Gasteiger partial charge is 0.387 e. The summed E-state index contributed by atoms with van der Waals surface area (Å²) in [7, 11) is 2.14. The molecule has 2 N–H and O–H groups in total. The lowest BCUT2D eigenvalue weighted by Gasteiger charge is -2.32. The highest BCUT2D eigenvalue weighted by atomic mass is 19.3. The minimum absolute atomic E-state index is 0.105. The summed E-state index contributed by atoms with van der Waals surface area (Å²) in [6, 6.07) is 5.98. The summed E-state index contributed by atoms with van der Waals surface area (Å²) in [6.07, 6.45) is 2.01. The van der Waals surface area contributed by atoms with E-state index < -0.39 is 6.61 Å². The molecule has 8 heteroatoms. The van der Waals surface area contributed by atoms with Gasteiger partial charge in [-0.15, -0.1) is 0 Å². The third-order valence-electron chi connectivity index (χ3n) is 4.38. The Labute approximate surface area is 153 Å². The first kappa shape index (κ1) is 20.4. The van der Waals surface area contributed by atoms with Gasteiger partial charge in [-0.25, -0.2) is 4.79 Å². The molecule has 6 nitrogen and oxygen atoms in total. The first-order valence-electron chi connectivity index (χ1n) is 8.99. The van der Waals surface area contributed by atoms with Gasteiger partial charge in [-0.1, -0.05) is 12.1 Å². The highest BCUT2D eigenvalue weighted by molar-refractivity contribution is 5.73. The second kappa shape index (κ2) is 10.9. The molecular weight excluding hydrogens is 342 g/mol. The number of carbonyl (C=O) groups is 1. The second-order valence-corrected chi connectivity index (χ2v) is 6.48. The molecule has 0 unspecified atom stereocenters. The van der Waals surface area contributed by atoms with E-state index in [0.717, 1.165) is 51.1 Å². The fourth-order valence-electron chi connectivity index (χ4n) is 2.77. The molecule has 0 saturated carbocycles. The Balaban J connectivity index is 1.52. The number of piperazine rings is 1. The normalized spacial score (nSPS) is 15.8. The molecule has 0 aromatic heterocycles. The van der Waals surface area contributed by atoms with Crippen molar-refractivity contribution in [2.45, 2.75) is 26.0 Å². The fourth-order valence-corrected chi connectivity index (χ4v) is 2.77. The molecule has 0 bridgehead atoms. The van der Waals surface area contributed by atoms with Crippen LogP contribution in [0, 0.1) is 0 Å². The Kier molecular flexibility index (Phi) is 8.57. The number of rotatable bonds is 9. The van der Waals surface area contributed by atoms with Gasteiger partial charge in [-0.3, -0.25) is 0 Å². The number of hydrogen-bond donors (Lipinski definition) is 2. The minimum atomic E-state index is -2.83. The average Bonchev–Trinajstić information content (AvgIpc) is 2.62. The Morgan fingerprint density at radius 1 is 1.12 bits per heavy atom. The molecule has 26 heavy (non-hydrogen) atoms. The summed E-state index contributed by atoms with van der Waals surface area (Å²) in [5.74, 6) is 0.105. The SMILES string of the molecule is CN1CCN(CCCCNC(=O)NCc2ccc(OC(F)F)cc2)CC1. The third kappa shape index (κ3) is 7.97. The van der Waals surface area contributed by atoms with Gasteiger partial charge in [0.1, 0.15) is 5.75 Å². The number of ether oxygens (including phenoxy) is 1. The van der Waals surface area contributed by atoms with Crippen molar-refractivity contribution in [3.05, 3.63) is 29.8 Å². The quantitative estimate of drug-likeness (QED) is 0.654. The van der Waals surface area contributed by atoms with Crippen molar-refractivity contribution < 1.29 is 18.3 Å². The fraction of sp³-hybridized carbons (Fsp3) is 0.611. The molecule has 1 aromatic carbocycles. The molecule has 1 aromatic rings. The molecule has 0 aliphatic carbocycles. The zero-order valence-electron chi connectivity index (χ0n) is 15.2. The molecule has 0 radical (unpaired) electrons. The number of urea groups is 1. The number of unbranched alkanes of at least 4 members (excludes halogenated alkanes) is 1. The van der Waals surface area contributed by atoms with E-state index in [-0.39, 0.29) is 11.8 Å². The van der Waals surface area contributed by atoms with E-state index in [0.29, 0.717) is 13.1 Å². The van der Waals surface area contributed by atoms with E-state index in [1.54, 1.807) is 12.1 Å². The average molecular weight is 370 g/mol. The summed E-state index contributed by atoms with van der Waals surface area (Å²) in [6.45, 7) is 3.69. The first-order valence-corrected chi connectivity index (χ1v) is 8.99. The maximum Gasteiger partial charge on any atom is 0.387 e. The van der Waals surface area contributed by atoms with Gasteiger partial charge >= 0.3 is 12.6 Å². The van der Waals surface area contributed by atoms with E-state index in [1.165, 1.54) is 12.1 Å². The Hall–Kier alpha value is -1.93. The zero-order valence-corrected chi connectivity index (χ0v) is 15.2. The van der Waals surface area contributed by atoms with Crippen LogP contribution in [-0.4, -0.2) is 68.8 Å². The molecule has 0 spiro atoms. The number of nitrogens with zero attached hydrogens (tertiary/aromatic N) is 2. The maximum atomic E-state index is 12.1. The van der Waals surface area contributed by atoms with Crippen LogP contribution >= 0.6 is 0 Å². The van der Waals surface area contributed by atoms with Crippen molar-refractivity contribution >= 4 is 6.03 Å². The number of hydrogen-bond acceptors (Lipinski definition) is 4. The third-order valence-corrected chi connectivity index (χ3v) is 4.38. The summed E-state index contributed by atoms with van der Waals surface area (Å²) in [5, 5.41) is 5.58. The summed E-state index contributed by atoms with van der Waals surface area (Å²) in [4.78, 5) is 16.6. The van der Waals surface area contributed by atoms with Crippen LogP contribution in [0.5, 0.6) is 5.75 Å². The molecule has 146 valence electrons. The van der Waals surface area contributed by atoms with Crippen LogP contribution < -0.4 is 15.4 Å². The number of alkyl halides is 2. The number of halogens is 2.